The van der Waals surface area contributed by atoms with Crippen molar-refractivity contribution in [3.63, 3.8) is 0 Å². The van der Waals surface area contributed by atoms with Crippen molar-refractivity contribution in [3.05, 3.63) is 89.6 Å². The third kappa shape index (κ3) is 4.49. The molecule has 3 aromatic rings. The van der Waals surface area contributed by atoms with E-state index in [1.165, 1.54) is 42.5 Å². The molecule has 0 radical (unpaired) electrons. The zero-order valence-corrected chi connectivity index (χ0v) is 17.0. The Balaban J connectivity index is 1.51. The monoisotopic (exact) mass is 448 g/mol. The van der Waals surface area contributed by atoms with Gasteiger partial charge in [-0.15, -0.1) is 0 Å². The number of carbonyl (C=O) groups excluding carboxylic acids is 3. The van der Waals surface area contributed by atoms with E-state index in [4.69, 9.17) is 5.11 Å². The van der Waals surface area contributed by atoms with E-state index in [0.717, 1.165) is 4.90 Å². The molecule has 0 unspecified atom stereocenters. The number of hydrogen-bond acceptors (Lipinski definition) is 4. The van der Waals surface area contributed by atoms with Crippen LogP contribution in [0.15, 0.2) is 72.6 Å². The maximum absolute atomic E-state index is 13.7. The molecule has 10 heteroatoms. The van der Waals surface area contributed by atoms with Gasteiger partial charge in [-0.25, -0.2) is 18.9 Å². The van der Waals surface area contributed by atoms with E-state index in [1.807, 2.05) is 0 Å². The van der Waals surface area contributed by atoms with Crippen LogP contribution < -0.4 is 10.6 Å². The predicted octanol–water partition coefficient (Wildman–Crippen LogP) is 2.85. The summed E-state index contributed by atoms with van der Waals surface area (Å²) in [6.07, 6.45) is 3.16. The van der Waals surface area contributed by atoms with E-state index in [2.05, 4.69) is 10.6 Å². The van der Waals surface area contributed by atoms with E-state index >= 15 is 0 Å². The molecule has 9 nitrogen and oxygen atoms in total. The first-order valence-electron chi connectivity index (χ1n) is 9.73. The van der Waals surface area contributed by atoms with Gasteiger partial charge in [0.25, 0.3) is 5.91 Å². The van der Waals surface area contributed by atoms with Gasteiger partial charge in [-0.3, -0.25) is 9.59 Å². The number of nitrogens with one attached hydrogen (secondary N) is 2. The lowest BCUT2D eigenvalue weighted by Crippen LogP contribution is -2.38. The number of para-hydroxylation sites is 1. The highest BCUT2D eigenvalue weighted by Gasteiger charge is 2.35. The minimum absolute atomic E-state index is 0.0409. The van der Waals surface area contributed by atoms with E-state index < -0.39 is 36.2 Å². The highest BCUT2D eigenvalue weighted by Crippen LogP contribution is 2.19. The lowest BCUT2D eigenvalue weighted by atomic mass is 10.2. The molecule has 2 heterocycles. The van der Waals surface area contributed by atoms with Gasteiger partial charge >= 0.3 is 12.0 Å². The van der Waals surface area contributed by atoms with Crippen molar-refractivity contribution in [1.29, 1.82) is 0 Å². The van der Waals surface area contributed by atoms with Crippen LogP contribution in [0.3, 0.4) is 0 Å². The fourth-order valence-electron chi connectivity index (χ4n) is 3.27. The first kappa shape index (κ1) is 21.5. The summed E-state index contributed by atoms with van der Waals surface area (Å²) < 4.78 is 15.4. The number of carboxylic acids is 1. The van der Waals surface area contributed by atoms with Gasteiger partial charge < -0.3 is 20.3 Å². The number of anilines is 1. The number of urea groups is 1. The third-order valence-electron chi connectivity index (χ3n) is 4.88. The number of benzene rings is 2. The summed E-state index contributed by atoms with van der Waals surface area (Å²) in [7, 11) is 0. The molecule has 0 aliphatic carbocycles. The summed E-state index contributed by atoms with van der Waals surface area (Å²) in [5.41, 5.74) is 1.22. The predicted molar refractivity (Wildman–Crippen MR) is 116 cm³/mol. The van der Waals surface area contributed by atoms with Gasteiger partial charge in [0.05, 0.1) is 11.3 Å². The summed E-state index contributed by atoms with van der Waals surface area (Å²) in [6.45, 7) is -0.589. The summed E-state index contributed by atoms with van der Waals surface area (Å²) in [5, 5.41) is 13.8. The number of halogens is 1. The number of imide groups is 1. The number of aromatic nitrogens is 1. The average Bonchev–Trinajstić information content (AvgIpc) is 3.35. The second-order valence-electron chi connectivity index (χ2n) is 7.06. The van der Waals surface area contributed by atoms with Crippen LogP contribution in [0.2, 0.25) is 0 Å². The van der Waals surface area contributed by atoms with Crippen LogP contribution >= 0.6 is 0 Å². The van der Waals surface area contributed by atoms with Crippen molar-refractivity contribution >= 4 is 35.6 Å². The van der Waals surface area contributed by atoms with Gasteiger partial charge in [0.15, 0.2) is 0 Å². The molecule has 0 saturated carbocycles. The molecular weight excluding hydrogens is 431 g/mol. The number of aromatic carboxylic acids is 1. The van der Waals surface area contributed by atoms with Gasteiger partial charge in [0.2, 0.25) is 5.91 Å². The Kier molecular flexibility index (Phi) is 5.73. The second-order valence-corrected chi connectivity index (χ2v) is 7.06. The Bertz CT molecular complexity index is 1300. The smallest absolute Gasteiger partial charge is 0.335 e. The molecule has 4 rings (SSSR count). The lowest BCUT2D eigenvalue weighted by molar-refractivity contribution is -0.127. The van der Waals surface area contributed by atoms with Crippen LogP contribution in [0, 0.1) is 5.82 Å². The average molecular weight is 448 g/mol. The van der Waals surface area contributed by atoms with Gasteiger partial charge in [-0.2, -0.15) is 0 Å². The van der Waals surface area contributed by atoms with Crippen molar-refractivity contribution in [2.45, 2.75) is 0 Å². The van der Waals surface area contributed by atoms with Crippen molar-refractivity contribution < 1.29 is 28.7 Å². The summed E-state index contributed by atoms with van der Waals surface area (Å²) >= 11 is 0. The second kappa shape index (κ2) is 8.79. The van der Waals surface area contributed by atoms with Crippen LogP contribution in [-0.4, -0.2) is 44.9 Å². The first-order valence-corrected chi connectivity index (χ1v) is 9.73. The molecule has 1 aliphatic rings. The SMILES string of the molecule is O=C(CN1C(=O)N/C(=C\c2cccn2-c2ccc(C(=O)O)cc2)C1=O)Nc1ccccc1F. The molecule has 1 aromatic heterocycles. The first-order chi connectivity index (χ1) is 15.8. The number of rotatable bonds is 6. The molecule has 1 fully saturated rings. The lowest BCUT2D eigenvalue weighted by Gasteiger charge is -2.12. The molecule has 3 N–H and O–H groups in total. The fraction of sp³-hybridized carbons (Fsp3) is 0.0435. The van der Waals surface area contributed by atoms with E-state index in [9.17, 15) is 23.6 Å². The van der Waals surface area contributed by atoms with Crippen LogP contribution in [0.4, 0.5) is 14.9 Å². The largest absolute Gasteiger partial charge is 0.478 e. The highest BCUT2D eigenvalue weighted by molar-refractivity contribution is 6.15. The summed E-state index contributed by atoms with van der Waals surface area (Å²) in [4.78, 5) is 49.0. The molecular formula is C23H17FN4O5. The summed E-state index contributed by atoms with van der Waals surface area (Å²) in [6, 6.07) is 14.3. The third-order valence-corrected chi connectivity index (χ3v) is 4.88. The molecule has 4 amide bonds. The Morgan fingerprint density at radius 1 is 1.03 bits per heavy atom. The molecule has 0 bridgehead atoms. The molecule has 1 saturated heterocycles. The Morgan fingerprint density at radius 2 is 1.76 bits per heavy atom. The normalized spacial score (nSPS) is 14.5. The zero-order chi connectivity index (χ0) is 23.5. The highest BCUT2D eigenvalue weighted by atomic mass is 19.1. The minimum atomic E-state index is -1.05. The molecule has 0 spiro atoms. The van der Waals surface area contributed by atoms with Crippen LogP contribution in [-0.2, 0) is 9.59 Å². The number of hydrogen-bond donors (Lipinski definition) is 3. The van der Waals surface area contributed by atoms with Crippen molar-refractivity contribution in [2.75, 3.05) is 11.9 Å². The topological polar surface area (TPSA) is 121 Å². The molecule has 0 atom stereocenters. The Labute approximate surface area is 186 Å². The van der Waals surface area contributed by atoms with Crippen LogP contribution in [0.25, 0.3) is 11.8 Å². The number of carbonyl (C=O) groups is 4. The van der Waals surface area contributed by atoms with Crippen molar-refractivity contribution in [2.24, 2.45) is 0 Å². The van der Waals surface area contributed by atoms with Gasteiger partial charge in [-0.05, 0) is 54.6 Å². The van der Waals surface area contributed by atoms with Crippen LogP contribution in [0.5, 0.6) is 0 Å². The van der Waals surface area contributed by atoms with E-state index in [1.54, 1.807) is 35.0 Å². The molecule has 166 valence electrons. The standard InChI is InChI=1S/C23H17FN4O5/c24-17-5-1-2-6-18(17)25-20(29)13-28-21(30)19(26-23(28)33)12-16-4-3-11-27(16)15-9-7-14(8-10-15)22(31)32/h1-12H,13H2,(H,25,29)(H,26,33)(H,31,32)/b19-12-. The maximum Gasteiger partial charge on any atom is 0.335 e. The fourth-order valence-corrected chi connectivity index (χ4v) is 3.27. The minimum Gasteiger partial charge on any atom is -0.478 e. The molecule has 2 aromatic carbocycles. The number of carboxylic acid groups (broad SMARTS) is 1. The van der Waals surface area contributed by atoms with Gasteiger partial charge in [0, 0.05) is 17.6 Å². The van der Waals surface area contributed by atoms with Crippen molar-refractivity contribution in [1.82, 2.24) is 14.8 Å². The Hall–Kier alpha value is -4.73. The quantitative estimate of drug-likeness (QED) is 0.396. The zero-order valence-electron chi connectivity index (χ0n) is 17.0. The Morgan fingerprint density at radius 3 is 2.45 bits per heavy atom. The molecule has 33 heavy (non-hydrogen) atoms. The number of nitrogens with zero attached hydrogens (tertiary/aromatic N) is 2. The molecule has 1 aliphatic heterocycles. The summed E-state index contributed by atoms with van der Waals surface area (Å²) in [5.74, 6) is -3.13. The maximum atomic E-state index is 13.7. The van der Waals surface area contributed by atoms with Crippen molar-refractivity contribution in [3.8, 4) is 5.69 Å². The number of amides is 4. The van der Waals surface area contributed by atoms with Crippen LogP contribution in [0.1, 0.15) is 16.1 Å². The van der Waals surface area contributed by atoms with E-state index in [-0.39, 0.29) is 16.9 Å². The van der Waals surface area contributed by atoms with Gasteiger partial charge in [0.1, 0.15) is 18.1 Å². The van der Waals surface area contributed by atoms with E-state index in [0.29, 0.717) is 11.4 Å². The van der Waals surface area contributed by atoms with Gasteiger partial charge in [-0.1, -0.05) is 12.1 Å².